The number of anilines is 1. The fourth-order valence-electron chi connectivity index (χ4n) is 3.80. The summed E-state index contributed by atoms with van der Waals surface area (Å²) in [6.07, 6.45) is 0.0540. The van der Waals surface area contributed by atoms with Crippen LogP contribution in [0.2, 0.25) is 0 Å². The van der Waals surface area contributed by atoms with Crippen molar-refractivity contribution >= 4 is 23.3 Å². The van der Waals surface area contributed by atoms with Gasteiger partial charge in [0.05, 0.1) is 5.92 Å². The van der Waals surface area contributed by atoms with E-state index in [4.69, 9.17) is 9.47 Å². The van der Waals surface area contributed by atoms with Gasteiger partial charge < -0.3 is 14.4 Å². The van der Waals surface area contributed by atoms with Gasteiger partial charge in [-0.3, -0.25) is 14.4 Å². The molecule has 0 aromatic heterocycles. The molecule has 0 N–H and O–H groups in total. The molecule has 1 aliphatic rings. The monoisotopic (exact) mass is 457 g/mol. The normalized spacial score (nSPS) is 15.3. The van der Waals surface area contributed by atoms with Gasteiger partial charge in [-0.05, 0) is 68.3 Å². The summed E-state index contributed by atoms with van der Waals surface area (Å²) in [7, 11) is 0. The van der Waals surface area contributed by atoms with Gasteiger partial charge in [0.1, 0.15) is 11.5 Å². The Hall–Kier alpha value is -3.93. The van der Waals surface area contributed by atoms with Crippen molar-refractivity contribution in [2.24, 2.45) is 5.92 Å². The Morgan fingerprint density at radius 3 is 2.24 bits per heavy atom. The van der Waals surface area contributed by atoms with E-state index in [1.165, 1.54) is 5.56 Å². The van der Waals surface area contributed by atoms with E-state index in [9.17, 15) is 14.4 Å². The molecule has 0 saturated carbocycles. The molecular formula is C28H27NO5. The SMILES string of the molecule is Cc1ccc(C(=O)COC(=O)[C@H]2CC(=O)N(c3ccc(Oc4ccc(C)c(C)c4)cc3)C2)cc1. The maximum atomic E-state index is 12.5. The molecule has 1 aliphatic heterocycles. The van der Waals surface area contributed by atoms with Crippen molar-refractivity contribution in [1.82, 2.24) is 0 Å². The predicted molar refractivity (Wildman–Crippen MR) is 129 cm³/mol. The number of ketones is 1. The molecule has 6 nitrogen and oxygen atoms in total. The summed E-state index contributed by atoms with van der Waals surface area (Å²) in [4.78, 5) is 38.9. The highest BCUT2D eigenvalue weighted by molar-refractivity contribution is 6.01. The molecule has 1 fully saturated rings. The molecule has 174 valence electrons. The molecule has 0 spiro atoms. The maximum absolute atomic E-state index is 12.5. The van der Waals surface area contributed by atoms with Gasteiger partial charge in [0, 0.05) is 24.2 Å². The number of ether oxygens (including phenoxy) is 2. The summed E-state index contributed by atoms with van der Waals surface area (Å²) in [5.41, 5.74) is 4.56. The average molecular weight is 458 g/mol. The predicted octanol–water partition coefficient (Wildman–Crippen LogP) is 5.18. The Labute approximate surface area is 199 Å². The van der Waals surface area contributed by atoms with E-state index in [2.05, 4.69) is 0 Å². The topological polar surface area (TPSA) is 72.9 Å². The summed E-state index contributed by atoms with van der Waals surface area (Å²) in [6, 6.07) is 20.2. The maximum Gasteiger partial charge on any atom is 0.311 e. The number of rotatable bonds is 7. The fourth-order valence-corrected chi connectivity index (χ4v) is 3.80. The highest BCUT2D eigenvalue weighted by Crippen LogP contribution is 2.29. The molecule has 0 radical (unpaired) electrons. The lowest BCUT2D eigenvalue weighted by molar-refractivity contribution is -0.147. The molecule has 6 heteroatoms. The van der Waals surface area contributed by atoms with Crippen LogP contribution >= 0.6 is 0 Å². The molecule has 1 amide bonds. The minimum Gasteiger partial charge on any atom is -0.457 e. The lowest BCUT2D eigenvalue weighted by Gasteiger charge is -2.17. The lowest BCUT2D eigenvalue weighted by Crippen LogP contribution is -2.27. The first kappa shape index (κ1) is 23.2. The largest absolute Gasteiger partial charge is 0.457 e. The van der Waals surface area contributed by atoms with Crippen LogP contribution in [-0.2, 0) is 14.3 Å². The number of carbonyl (C=O) groups excluding carboxylic acids is 3. The van der Waals surface area contributed by atoms with E-state index < -0.39 is 11.9 Å². The molecule has 1 atom stereocenters. The summed E-state index contributed by atoms with van der Waals surface area (Å²) in [5.74, 6) is -0.167. The van der Waals surface area contributed by atoms with Crippen LogP contribution < -0.4 is 9.64 Å². The van der Waals surface area contributed by atoms with Crippen LogP contribution in [-0.4, -0.2) is 30.8 Å². The van der Waals surface area contributed by atoms with Gasteiger partial charge in [0.25, 0.3) is 0 Å². The average Bonchev–Trinajstić information content (AvgIpc) is 3.22. The van der Waals surface area contributed by atoms with Crippen LogP contribution in [0.1, 0.15) is 33.5 Å². The quantitative estimate of drug-likeness (QED) is 0.361. The van der Waals surface area contributed by atoms with Gasteiger partial charge in [0.15, 0.2) is 12.4 Å². The minimum atomic E-state index is -0.607. The number of Topliss-reactive ketones (excluding diaryl/α,β-unsaturated/α-hetero) is 1. The lowest BCUT2D eigenvalue weighted by atomic mass is 10.1. The highest BCUT2D eigenvalue weighted by atomic mass is 16.5. The number of amides is 1. The van der Waals surface area contributed by atoms with Crippen LogP contribution in [0.4, 0.5) is 5.69 Å². The standard InChI is InChI=1S/C28H27NO5/c1-18-4-7-21(8-5-18)26(30)17-33-28(32)22-15-27(31)29(16-22)23-9-12-24(13-10-23)34-25-11-6-19(2)20(3)14-25/h4-14,22H,15-17H2,1-3H3/t22-/m0/s1. The van der Waals surface area contributed by atoms with Crippen molar-refractivity contribution in [3.63, 3.8) is 0 Å². The zero-order valence-corrected chi connectivity index (χ0v) is 19.5. The van der Waals surface area contributed by atoms with Crippen molar-refractivity contribution in [1.29, 1.82) is 0 Å². The Kier molecular flexibility index (Phi) is 6.77. The van der Waals surface area contributed by atoms with Crippen molar-refractivity contribution < 1.29 is 23.9 Å². The van der Waals surface area contributed by atoms with Crippen LogP contribution in [0.25, 0.3) is 0 Å². The Balaban J connectivity index is 1.33. The molecular weight excluding hydrogens is 430 g/mol. The van der Waals surface area contributed by atoms with E-state index in [0.29, 0.717) is 17.0 Å². The minimum absolute atomic E-state index is 0.0540. The van der Waals surface area contributed by atoms with Gasteiger partial charge in [0.2, 0.25) is 5.91 Å². The molecule has 1 saturated heterocycles. The zero-order valence-electron chi connectivity index (χ0n) is 19.5. The van der Waals surface area contributed by atoms with Crippen molar-refractivity contribution in [2.75, 3.05) is 18.1 Å². The van der Waals surface area contributed by atoms with Crippen molar-refractivity contribution in [2.45, 2.75) is 27.2 Å². The van der Waals surface area contributed by atoms with Gasteiger partial charge in [-0.1, -0.05) is 35.9 Å². The Morgan fingerprint density at radius 1 is 0.882 bits per heavy atom. The van der Waals surface area contributed by atoms with Gasteiger partial charge in [-0.2, -0.15) is 0 Å². The first-order valence-electron chi connectivity index (χ1n) is 11.2. The molecule has 34 heavy (non-hydrogen) atoms. The van der Waals surface area contributed by atoms with Gasteiger partial charge in [-0.25, -0.2) is 0 Å². The molecule has 0 aliphatic carbocycles. The highest BCUT2D eigenvalue weighted by Gasteiger charge is 2.36. The first-order chi connectivity index (χ1) is 16.3. The second-order valence-electron chi connectivity index (χ2n) is 8.64. The third-order valence-corrected chi connectivity index (χ3v) is 6.04. The number of hydrogen-bond acceptors (Lipinski definition) is 5. The number of hydrogen-bond donors (Lipinski definition) is 0. The zero-order chi connectivity index (χ0) is 24.2. The van der Waals surface area contributed by atoms with E-state index in [-0.39, 0.29) is 31.3 Å². The fraction of sp³-hybridized carbons (Fsp3) is 0.250. The summed E-state index contributed by atoms with van der Waals surface area (Å²) in [6.45, 7) is 5.89. The van der Waals surface area contributed by atoms with Crippen molar-refractivity contribution in [3.05, 3.63) is 89.0 Å². The molecule has 0 bridgehead atoms. The summed E-state index contributed by atoms with van der Waals surface area (Å²) < 4.78 is 11.1. The number of benzene rings is 3. The number of carbonyl (C=O) groups is 3. The molecule has 3 aromatic carbocycles. The second kappa shape index (κ2) is 9.91. The van der Waals surface area contributed by atoms with Crippen molar-refractivity contribution in [3.8, 4) is 11.5 Å². The summed E-state index contributed by atoms with van der Waals surface area (Å²) in [5, 5.41) is 0. The smallest absolute Gasteiger partial charge is 0.311 e. The Bertz CT molecular complexity index is 1210. The number of esters is 1. The first-order valence-corrected chi connectivity index (χ1v) is 11.2. The number of nitrogens with zero attached hydrogens (tertiary/aromatic N) is 1. The third kappa shape index (κ3) is 5.34. The molecule has 4 rings (SSSR count). The van der Waals surface area contributed by atoms with Gasteiger partial charge >= 0.3 is 5.97 Å². The molecule has 0 unspecified atom stereocenters. The third-order valence-electron chi connectivity index (χ3n) is 6.04. The van der Waals surface area contributed by atoms with E-state index in [0.717, 1.165) is 16.9 Å². The Morgan fingerprint density at radius 2 is 1.56 bits per heavy atom. The summed E-state index contributed by atoms with van der Waals surface area (Å²) >= 11 is 0. The van der Waals surface area contributed by atoms with Crippen LogP contribution in [0.3, 0.4) is 0 Å². The molecule has 1 heterocycles. The van der Waals surface area contributed by atoms with Crippen LogP contribution in [0, 0.1) is 26.7 Å². The van der Waals surface area contributed by atoms with Crippen LogP contribution in [0.15, 0.2) is 66.7 Å². The van der Waals surface area contributed by atoms with E-state index in [1.54, 1.807) is 41.3 Å². The molecule has 3 aromatic rings. The van der Waals surface area contributed by atoms with E-state index in [1.807, 2.05) is 51.1 Å². The number of aryl methyl sites for hydroxylation is 3. The van der Waals surface area contributed by atoms with E-state index >= 15 is 0 Å². The van der Waals surface area contributed by atoms with Crippen LogP contribution in [0.5, 0.6) is 11.5 Å². The second-order valence-corrected chi connectivity index (χ2v) is 8.64. The van der Waals surface area contributed by atoms with Gasteiger partial charge in [-0.15, -0.1) is 0 Å².